The molecule has 0 aliphatic rings. The summed E-state index contributed by atoms with van der Waals surface area (Å²) in [7, 11) is 0. The number of hydrogen-bond acceptors (Lipinski definition) is 5. The van der Waals surface area contributed by atoms with Crippen LogP contribution in [-0.2, 0) is 4.79 Å². The summed E-state index contributed by atoms with van der Waals surface area (Å²) in [5.74, 6) is 0.249. The lowest BCUT2D eigenvalue weighted by atomic mass is 10.0. The van der Waals surface area contributed by atoms with Gasteiger partial charge in [-0.1, -0.05) is 37.3 Å². The Morgan fingerprint density at radius 1 is 1.19 bits per heavy atom. The van der Waals surface area contributed by atoms with E-state index in [0.717, 1.165) is 5.56 Å². The first-order chi connectivity index (χ1) is 12.5. The van der Waals surface area contributed by atoms with Gasteiger partial charge in [0.15, 0.2) is 6.10 Å². The Balaban J connectivity index is 2.06. The van der Waals surface area contributed by atoms with Gasteiger partial charge in [-0.3, -0.25) is 4.79 Å². The van der Waals surface area contributed by atoms with E-state index < -0.39 is 24.9 Å². The van der Waals surface area contributed by atoms with Gasteiger partial charge in [-0.15, -0.1) is 0 Å². The summed E-state index contributed by atoms with van der Waals surface area (Å²) in [6.07, 6.45) is -1.32. The number of nitrogens with two attached hydrogens (primary N) is 1. The van der Waals surface area contributed by atoms with Crippen LogP contribution in [0.25, 0.3) is 0 Å². The highest BCUT2D eigenvalue weighted by molar-refractivity contribution is 5.81. The van der Waals surface area contributed by atoms with Gasteiger partial charge in [-0.2, -0.15) is 0 Å². The number of aryl methyl sites for hydroxylation is 1. The lowest BCUT2D eigenvalue weighted by Gasteiger charge is -2.25. The Labute approximate surface area is 153 Å². The average Bonchev–Trinajstić information content (AvgIpc) is 2.65. The van der Waals surface area contributed by atoms with Crippen molar-refractivity contribution in [2.75, 3.05) is 12.3 Å². The topological polar surface area (TPSA) is 105 Å². The molecule has 2 aromatic rings. The summed E-state index contributed by atoms with van der Waals surface area (Å²) in [5, 5.41) is 22.7. The number of amides is 1. The predicted molar refractivity (Wildman–Crippen MR) is 101 cm³/mol. The Hall–Kier alpha value is -2.57. The number of aliphatic hydroxyl groups excluding tert-OH is 2. The first kappa shape index (κ1) is 19.8. The van der Waals surface area contributed by atoms with E-state index in [1.807, 2.05) is 32.0 Å². The normalized spacial score (nSPS) is 14.3. The van der Waals surface area contributed by atoms with Crippen LogP contribution in [0, 0.1) is 6.92 Å². The molecule has 3 unspecified atom stereocenters. The molecule has 5 N–H and O–H groups in total. The molecule has 0 fully saturated rings. The molecule has 140 valence electrons. The van der Waals surface area contributed by atoms with E-state index in [-0.39, 0.29) is 5.91 Å². The highest BCUT2D eigenvalue weighted by Gasteiger charge is 2.26. The molecule has 26 heavy (non-hydrogen) atoms. The number of nitrogen functional groups attached to an aromatic ring is 1. The SMILES string of the molecule is CCC(Oc1ccccc1C)C(=O)NC(CO)C(O)c1ccc(N)cc1. The first-order valence-corrected chi connectivity index (χ1v) is 8.63. The van der Waals surface area contributed by atoms with Crippen molar-refractivity contribution in [2.24, 2.45) is 0 Å². The van der Waals surface area contributed by atoms with Gasteiger partial charge in [0.1, 0.15) is 11.9 Å². The third kappa shape index (κ3) is 4.97. The van der Waals surface area contributed by atoms with Crippen LogP contribution in [0.1, 0.15) is 30.6 Å². The van der Waals surface area contributed by atoms with E-state index in [0.29, 0.717) is 23.4 Å². The highest BCUT2D eigenvalue weighted by Crippen LogP contribution is 2.21. The quantitative estimate of drug-likeness (QED) is 0.540. The van der Waals surface area contributed by atoms with Crippen LogP contribution < -0.4 is 15.8 Å². The molecule has 0 saturated carbocycles. The number of hydrogen-bond donors (Lipinski definition) is 4. The average molecular weight is 358 g/mol. The first-order valence-electron chi connectivity index (χ1n) is 8.63. The number of para-hydroxylation sites is 1. The number of rotatable bonds is 8. The Bertz CT molecular complexity index is 718. The van der Waals surface area contributed by atoms with Crippen LogP contribution >= 0.6 is 0 Å². The smallest absolute Gasteiger partial charge is 0.261 e. The monoisotopic (exact) mass is 358 g/mol. The van der Waals surface area contributed by atoms with Crippen LogP contribution in [0.15, 0.2) is 48.5 Å². The van der Waals surface area contributed by atoms with Gasteiger partial charge in [0.25, 0.3) is 5.91 Å². The summed E-state index contributed by atoms with van der Waals surface area (Å²) in [5.41, 5.74) is 7.71. The fourth-order valence-corrected chi connectivity index (χ4v) is 2.59. The van der Waals surface area contributed by atoms with Gasteiger partial charge in [0, 0.05) is 5.69 Å². The van der Waals surface area contributed by atoms with Crippen LogP contribution in [0.5, 0.6) is 5.75 Å². The van der Waals surface area contributed by atoms with Crippen molar-refractivity contribution < 1.29 is 19.7 Å². The summed E-state index contributed by atoms with van der Waals surface area (Å²) in [6, 6.07) is 13.2. The fourth-order valence-electron chi connectivity index (χ4n) is 2.59. The van der Waals surface area contributed by atoms with E-state index >= 15 is 0 Å². The number of aliphatic hydroxyl groups is 2. The molecule has 0 aliphatic carbocycles. The zero-order valence-electron chi connectivity index (χ0n) is 15.1. The van der Waals surface area contributed by atoms with Gasteiger partial charge in [0.2, 0.25) is 0 Å². The molecule has 2 aromatic carbocycles. The third-order valence-corrected chi connectivity index (χ3v) is 4.21. The highest BCUT2D eigenvalue weighted by atomic mass is 16.5. The molecule has 0 heterocycles. The molecule has 0 spiro atoms. The van der Waals surface area contributed by atoms with Crippen LogP contribution in [0.3, 0.4) is 0 Å². The molecule has 6 nitrogen and oxygen atoms in total. The minimum atomic E-state index is -1.06. The number of benzene rings is 2. The van der Waals surface area contributed by atoms with E-state index in [2.05, 4.69) is 5.32 Å². The van der Waals surface area contributed by atoms with Crippen LogP contribution in [-0.4, -0.2) is 34.9 Å². The Kier molecular flexibility index (Phi) is 7.00. The molecule has 0 saturated heterocycles. The van der Waals surface area contributed by atoms with E-state index in [1.54, 1.807) is 30.3 Å². The van der Waals surface area contributed by atoms with Crippen molar-refractivity contribution in [1.82, 2.24) is 5.32 Å². The molecule has 0 bridgehead atoms. The van der Waals surface area contributed by atoms with Crippen LogP contribution in [0.2, 0.25) is 0 Å². The zero-order chi connectivity index (χ0) is 19.1. The second kappa shape index (κ2) is 9.22. The van der Waals surface area contributed by atoms with E-state index in [4.69, 9.17) is 10.5 Å². The van der Waals surface area contributed by atoms with Crippen LogP contribution in [0.4, 0.5) is 5.69 Å². The second-order valence-corrected chi connectivity index (χ2v) is 6.19. The Morgan fingerprint density at radius 2 is 1.85 bits per heavy atom. The maximum atomic E-state index is 12.6. The van der Waals surface area contributed by atoms with Gasteiger partial charge in [0.05, 0.1) is 12.6 Å². The van der Waals surface area contributed by atoms with Crippen molar-refractivity contribution in [3.05, 3.63) is 59.7 Å². The lowest BCUT2D eigenvalue weighted by molar-refractivity contribution is -0.130. The third-order valence-electron chi connectivity index (χ3n) is 4.21. The van der Waals surface area contributed by atoms with Crippen molar-refractivity contribution in [3.63, 3.8) is 0 Å². The van der Waals surface area contributed by atoms with Gasteiger partial charge in [-0.25, -0.2) is 0 Å². The molecule has 3 atom stereocenters. The molecule has 6 heteroatoms. The van der Waals surface area contributed by atoms with Gasteiger partial charge in [-0.05, 0) is 42.7 Å². The number of anilines is 1. The number of carbonyl (C=O) groups is 1. The molecular formula is C20H26N2O4. The summed E-state index contributed by atoms with van der Waals surface area (Å²) in [6.45, 7) is 3.34. The standard InChI is InChI=1S/C20H26N2O4/c1-3-17(26-18-7-5-4-6-13(18)2)20(25)22-16(12-23)19(24)14-8-10-15(21)11-9-14/h4-11,16-17,19,23-24H,3,12,21H2,1-2H3,(H,22,25). The fraction of sp³-hybridized carbons (Fsp3) is 0.350. The minimum absolute atomic E-state index is 0.385. The maximum Gasteiger partial charge on any atom is 0.261 e. The van der Waals surface area contributed by atoms with Crippen molar-refractivity contribution in [2.45, 2.75) is 38.5 Å². The second-order valence-electron chi connectivity index (χ2n) is 6.19. The van der Waals surface area contributed by atoms with Gasteiger partial charge >= 0.3 is 0 Å². The summed E-state index contributed by atoms with van der Waals surface area (Å²) >= 11 is 0. The zero-order valence-corrected chi connectivity index (χ0v) is 15.1. The number of ether oxygens (including phenoxy) is 1. The van der Waals surface area contributed by atoms with E-state index in [1.165, 1.54) is 0 Å². The minimum Gasteiger partial charge on any atom is -0.480 e. The van der Waals surface area contributed by atoms with E-state index in [9.17, 15) is 15.0 Å². The summed E-state index contributed by atoms with van der Waals surface area (Å²) in [4.78, 5) is 12.6. The largest absolute Gasteiger partial charge is 0.480 e. The molecule has 0 aromatic heterocycles. The molecular weight excluding hydrogens is 332 g/mol. The number of carbonyl (C=O) groups excluding carboxylic acids is 1. The van der Waals surface area contributed by atoms with Crippen molar-refractivity contribution in [1.29, 1.82) is 0 Å². The van der Waals surface area contributed by atoms with Crippen molar-refractivity contribution in [3.8, 4) is 5.75 Å². The number of nitrogens with one attached hydrogen (secondary N) is 1. The van der Waals surface area contributed by atoms with Crippen molar-refractivity contribution >= 4 is 11.6 Å². The Morgan fingerprint density at radius 3 is 2.42 bits per heavy atom. The molecule has 1 amide bonds. The molecule has 2 rings (SSSR count). The van der Waals surface area contributed by atoms with Gasteiger partial charge < -0.3 is 26.0 Å². The lowest BCUT2D eigenvalue weighted by Crippen LogP contribution is -2.47. The molecule has 0 aliphatic heterocycles. The predicted octanol–water partition coefficient (Wildman–Crippen LogP) is 1.95. The summed E-state index contributed by atoms with van der Waals surface area (Å²) < 4.78 is 5.81. The maximum absolute atomic E-state index is 12.6. The molecule has 0 radical (unpaired) electrons.